The second-order valence-corrected chi connectivity index (χ2v) is 5.12. The van der Waals surface area contributed by atoms with Crippen LogP contribution >= 0.6 is 11.6 Å². The number of nitrogens with zero attached hydrogens (tertiary/aromatic N) is 1. The van der Waals surface area contributed by atoms with Crippen LogP contribution in [0, 0.1) is 5.82 Å². The van der Waals surface area contributed by atoms with Crippen molar-refractivity contribution in [3.63, 3.8) is 0 Å². The van der Waals surface area contributed by atoms with Crippen molar-refractivity contribution < 1.29 is 13.9 Å². The van der Waals surface area contributed by atoms with Crippen LogP contribution in [0.25, 0.3) is 0 Å². The molecule has 6 heteroatoms. The molecule has 4 nitrogen and oxygen atoms in total. The zero-order chi connectivity index (χ0) is 16.7. The van der Waals surface area contributed by atoms with Crippen molar-refractivity contribution in [2.75, 3.05) is 6.61 Å². The van der Waals surface area contributed by atoms with Gasteiger partial charge in [0.15, 0.2) is 6.61 Å². The largest absolute Gasteiger partial charge is 0.484 e. The number of nitrogens with one attached hydrogen (secondary N) is 1. The third-order valence-electron chi connectivity index (χ3n) is 3.08. The van der Waals surface area contributed by atoms with Crippen LogP contribution in [0.1, 0.15) is 18.1 Å². The molecule has 0 spiro atoms. The first-order chi connectivity index (χ1) is 11.1. The highest BCUT2D eigenvalue weighted by atomic mass is 35.5. The summed E-state index contributed by atoms with van der Waals surface area (Å²) < 4.78 is 18.8. The predicted molar refractivity (Wildman–Crippen MR) is 88.5 cm³/mol. The van der Waals surface area contributed by atoms with Crippen LogP contribution in [0.2, 0.25) is 5.02 Å². The van der Waals surface area contributed by atoms with Gasteiger partial charge in [-0.25, -0.2) is 9.82 Å². The third kappa shape index (κ3) is 5.07. The van der Waals surface area contributed by atoms with Crippen LogP contribution in [-0.4, -0.2) is 18.7 Å². The van der Waals surface area contributed by atoms with Gasteiger partial charge in [0, 0.05) is 5.56 Å². The molecule has 0 heterocycles. The van der Waals surface area contributed by atoms with Gasteiger partial charge in [0.2, 0.25) is 0 Å². The van der Waals surface area contributed by atoms with Crippen LogP contribution in [0.15, 0.2) is 47.6 Å². The van der Waals surface area contributed by atoms with E-state index in [2.05, 4.69) is 17.5 Å². The first-order valence-corrected chi connectivity index (χ1v) is 7.45. The molecule has 0 aromatic heterocycles. The fourth-order valence-corrected chi connectivity index (χ4v) is 2.02. The van der Waals surface area contributed by atoms with Crippen LogP contribution in [0.3, 0.4) is 0 Å². The smallest absolute Gasteiger partial charge is 0.277 e. The highest BCUT2D eigenvalue weighted by Gasteiger charge is 2.05. The summed E-state index contributed by atoms with van der Waals surface area (Å²) in [6.07, 6.45) is 2.10. The molecule has 0 bridgehead atoms. The minimum absolute atomic E-state index is 0.116. The number of halogens is 2. The van der Waals surface area contributed by atoms with Gasteiger partial charge in [-0.05, 0) is 36.2 Å². The van der Waals surface area contributed by atoms with E-state index in [0.29, 0.717) is 5.75 Å². The van der Waals surface area contributed by atoms with E-state index in [9.17, 15) is 9.18 Å². The lowest BCUT2D eigenvalue weighted by Crippen LogP contribution is -2.24. The van der Waals surface area contributed by atoms with Gasteiger partial charge in [-0.15, -0.1) is 0 Å². The van der Waals surface area contributed by atoms with Crippen molar-refractivity contribution in [3.8, 4) is 5.75 Å². The molecule has 120 valence electrons. The van der Waals surface area contributed by atoms with Gasteiger partial charge in [-0.1, -0.05) is 36.7 Å². The van der Waals surface area contributed by atoms with Crippen molar-refractivity contribution in [2.45, 2.75) is 13.3 Å². The van der Waals surface area contributed by atoms with Crippen molar-refractivity contribution >= 4 is 23.7 Å². The molecule has 0 atom stereocenters. The van der Waals surface area contributed by atoms with Crippen LogP contribution in [0.5, 0.6) is 5.75 Å². The minimum Gasteiger partial charge on any atom is -0.484 e. The Morgan fingerprint density at radius 3 is 2.70 bits per heavy atom. The number of rotatable bonds is 6. The molecule has 0 radical (unpaired) electrons. The standard InChI is InChI=1S/C17H16ClFN2O2/c1-2-12-6-8-13(9-7-12)23-11-17(22)21-20-10-14-15(18)4-3-5-16(14)19/h3-10H,2,11H2,1H3,(H,21,22)/b20-10-. The van der Waals surface area contributed by atoms with Gasteiger partial charge in [-0.2, -0.15) is 5.10 Å². The Kier molecular flexibility index (Phi) is 6.11. The molecule has 0 fully saturated rings. The van der Waals surface area contributed by atoms with E-state index in [0.717, 1.165) is 12.6 Å². The fraction of sp³-hybridized carbons (Fsp3) is 0.176. The lowest BCUT2D eigenvalue weighted by atomic mass is 10.2. The first-order valence-electron chi connectivity index (χ1n) is 7.07. The maximum atomic E-state index is 13.5. The van der Waals surface area contributed by atoms with Crippen LogP contribution in [0.4, 0.5) is 4.39 Å². The Hall–Kier alpha value is -2.40. The molecule has 1 amide bonds. The number of benzene rings is 2. The van der Waals surface area contributed by atoms with Crippen LogP contribution < -0.4 is 10.2 Å². The molecule has 2 rings (SSSR count). The summed E-state index contributed by atoms with van der Waals surface area (Å²) in [5, 5.41) is 3.89. The topological polar surface area (TPSA) is 50.7 Å². The van der Waals surface area contributed by atoms with E-state index in [-0.39, 0.29) is 17.2 Å². The molecule has 0 aliphatic heterocycles. The van der Waals surface area contributed by atoms with E-state index in [4.69, 9.17) is 16.3 Å². The summed E-state index contributed by atoms with van der Waals surface area (Å²) in [6, 6.07) is 11.8. The van der Waals surface area contributed by atoms with Gasteiger partial charge >= 0.3 is 0 Å². The second-order valence-electron chi connectivity index (χ2n) is 4.71. The summed E-state index contributed by atoms with van der Waals surface area (Å²) in [7, 11) is 0. The van der Waals surface area contributed by atoms with E-state index >= 15 is 0 Å². The minimum atomic E-state index is -0.511. The van der Waals surface area contributed by atoms with Gasteiger partial charge in [0.25, 0.3) is 5.91 Å². The van der Waals surface area contributed by atoms with Crippen molar-refractivity contribution in [3.05, 3.63) is 64.4 Å². The lowest BCUT2D eigenvalue weighted by Gasteiger charge is -2.05. The van der Waals surface area contributed by atoms with Gasteiger partial charge in [0.1, 0.15) is 11.6 Å². The average Bonchev–Trinajstić information content (AvgIpc) is 2.56. The Balaban J connectivity index is 1.84. The molecular weight excluding hydrogens is 319 g/mol. The van der Waals surface area contributed by atoms with Crippen molar-refractivity contribution in [1.29, 1.82) is 0 Å². The number of aryl methyl sites for hydroxylation is 1. The zero-order valence-electron chi connectivity index (χ0n) is 12.6. The summed E-state index contributed by atoms with van der Waals surface area (Å²) in [5.41, 5.74) is 3.56. The molecule has 0 saturated heterocycles. The van der Waals surface area contributed by atoms with Gasteiger partial charge in [0.05, 0.1) is 11.2 Å². The summed E-state index contributed by atoms with van der Waals surface area (Å²) in [5.74, 6) is -0.366. The van der Waals surface area contributed by atoms with Crippen molar-refractivity contribution in [2.24, 2.45) is 5.10 Å². The molecule has 0 aliphatic carbocycles. The average molecular weight is 335 g/mol. The SMILES string of the molecule is CCc1ccc(OCC(=O)N/N=C\c2c(F)cccc2Cl)cc1. The molecular formula is C17H16ClFN2O2. The maximum absolute atomic E-state index is 13.5. The van der Waals surface area contributed by atoms with Gasteiger partial charge < -0.3 is 4.74 Å². The number of hydrazone groups is 1. The molecule has 0 aliphatic rings. The van der Waals surface area contributed by atoms with Crippen LogP contribution in [-0.2, 0) is 11.2 Å². The Morgan fingerprint density at radius 2 is 2.04 bits per heavy atom. The number of ether oxygens (including phenoxy) is 1. The molecule has 2 aromatic rings. The Morgan fingerprint density at radius 1 is 1.30 bits per heavy atom. The third-order valence-corrected chi connectivity index (χ3v) is 3.41. The van der Waals surface area contributed by atoms with E-state index in [1.807, 2.05) is 12.1 Å². The van der Waals surface area contributed by atoms with E-state index in [1.165, 1.54) is 23.8 Å². The fourth-order valence-electron chi connectivity index (χ4n) is 1.81. The number of hydrogen-bond donors (Lipinski definition) is 1. The normalized spacial score (nSPS) is 10.7. The molecule has 23 heavy (non-hydrogen) atoms. The number of amides is 1. The van der Waals surface area contributed by atoms with E-state index < -0.39 is 11.7 Å². The molecule has 0 unspecified atom stereocenters. The number of carbonyl (C=O) groups is 1. The maximum Gasteiger partial charge on any atom is 0.277 e. The summed E-state index contributed by atoms with van der Waals surface area (Å²) >= 11 is 5.84. The van der Waals surface area contributed by atoms with Gasteiger partial charge in [-0.3, -0.25) is 4.79 Å². The number of hydrogen-bond acceptors (Lipinski definition) is 3. The highest BCUT2D eigenvalue weighted by Crippen LogP contribution is 2.16. The summed E-state index contributed by atoms with van der Waals surface area (Å²) in [6.45, 7) is 1.87. The van der Waals surface area contributed by atoms with Crippen molar-refractivity contribution in [1.82, 2.24) is 5.43 Å². The second kappa shape index (κ2) is 8.29. The lowest BCUT2D eigenvalue weighted by molar-refractivity contribution is -0.123. The quantitative estimate of drug-likeness (QED) is 0.648. The first kappa shape index (κ1) is 17.0. The molecule has 2 aromatic carbocycles. The molecule has 1 N–H and O–H groups in total. The zero-order valence-corrected chi connectivity index (χ0v) is 13.3. The van der Waals surface area contributed by atoms with E-state index in [1.54, 1.807) is 12.1 Å². The predicted octanol–water partition coefficient (Wildman–Crippen LogP) is 3.57. The Bertz CT molecular complexity index is 682. The number of carbonyl (C=O) groups excluding carboxylic acids is 1. The monoisotopic (exact) mass is 334 g/mol. The Labute approximate surface area is 138 Å². The summed E-state index contributed by atoms with van der Waals surface area (Å²) in [4.78, 5) is 11.6. The molecule has 0 saturated carbocycles. The highest BCUT2D eigenvalue weighted by molar-refractivity contribution is 6.33.